The van der Waals surface area contributed by atoms with Crippen molar-refractivity contribution in [2.75, 3.05) is 12.3 Å². The molecule has 0 saturated heterocycles. The molecule has 6 nitrogen and oxygen atoms in total. The van der Waals surface area contributed by atoms with Crippen molar-refractivity contribution in [3.8, 4) is 0 Å². The van der Waals surface area contributed by atoms with Gasteiger partial charge in [-0.25, -0.2) is 13.1 Å². The summed E-state index contributed by atoms with van der Waals surface area (Å²) in [6, 6.07) is 8.70. The van der Waals surface area contributed by atoms with Crippen LogP contribution in [0.2, 0.25) is 0 Å². The second kappa shape index (κ2) is 6.06. The lowest BCUT2D eigenvalue weighted by atomic mass is 10.2. The van der Waals surface area contributed by atoms with E-state index in [4.69, 9.17) is 5.73 Å². The summed E-state index contributed by atoms with van der Waals surface area (Å²) >= 11 is 0. The first-order valence-corrected chi connectivity index (χ1v) is 7.90. The summed E-state index contributed by atoms with van der Waals surface area (Å²) in [5.41, 5.74) is 7.89. The van der Waals surface area contributed by atoms with Gasteiger partial charge in [0.2, 0.25) is 10.0 Å². The number of anilines is 1. The molecule has 0 unspecified atom stereocenters. The number of hydrogen-bond donors (Lipinski definition) is 2. The first-order chi connectivity index (χ1) is 9.46. The largest absolute Gasteiger partial charge is 0.399 e. The number of benzene rings is 1. The lowest BCUT2D eigenvalue weighted by Crippen LogP contribution is -2.27. The molecule has 0 aliphatic heterocycles. The molecule has 0 saturated carbocycles. The molecule has 108 valence electrons. The molecule has 3 N–H and O–H groups in total. The number of nitrogen functional groups attached to an aromatic ring is 1. The van der Waals surface area contributed by atoms with Gasteiger partial charge in [-0.1, -0.05) is 12.1 Å². The van der Waals surface area contributed by atoms with Crippen LogP contribution in [0.5, 0.6) is 0 Å². The Morgan fingerprint density at radius 2 is 1.95 bits per heavy atom. The average molecular weight is 294 g/mol. The minimum atomic E-state index is -3.33. The Balaban J connectivity index is 1.88. The first-order valence-electron chi connectivity index (χ1n) is 6.25. The van der Waals surface area contributed by atoms with Crippen LogP contribution in [0.1, 0.15) is 11.3 Å². The Morgan fingerprint density at radius 3 is 2.55 bits per heavy atom. The number of nitrogens with one attached hydrogen (secondary N) is 1. The molecule has 0 radical (unpaired) electrons. The maximum Gasteiger partial charge on any atom is 0.215 e. The van der Waals surface area contributed by atoms with Gasteiger partial charge < -0.3 is 5.73 Å². The average Bonchev–Trinajstić information content (AvgIpc) is 2.78. The summed E-state index contributed by atoms with van der Waals surface area (Å²) in [6.45, 7) is 0.358. The Kier molecular flexibility index (Phi) is 4.41. The lowest BCUT2D eigenvalue weighted by Gasteiger charge is -2.07. The molecule has 2 aromatic rings. The lowest BCUT2D eigenvalue weighted by molar-refractivity contribution is 0.579. The number of nitrogens with zero attached hydrogens (tertiary/aromatic N) is 2. The number of hydrogen-bond acceptors (Lipinski definition) is 4. The van der Waals surface area contributed by atoms with Crippen LogP contribution in [0, 0.1) is 0 Å². The van der Waals surface area contributed by atoms with Crippen molar-refractivity contribution in [2.24, 2.45) is 7.05 Å². The Hall–Kier alpha value is -1.86. The molecule has 0 fully saturated rings. The van der Waals surface area contributed by atoms with Crippen LogP contribution in [-0.2, 0) is 29.2 Å². The summed E-state index contributed by atoms with van der Waals surface area (Å²) < 4.78 is 28.2. The monoisotopic (exact) mass is 294 g/mol. The van der Waals surface area contributed by atoms with E-state index in [0.717, 1.165) is 5.69 Å². The second-order valence-electron chi connectivity index (χ2n) is 4.59. The molecular weight excluding hydrogens is 276 g/mol. The quantitative estimate of drug-likeness (QED) is 0.766. The van der Waals surface area contributed by atoms with E-state index in [0.29, 0.717) is 24.2 Å². The molecule has 1 aromatic carbocycles. The molecule has 0 amide bonds. The van der Waals surface area contributed by atoms with Crippen LogP contribution in [0.15, 0.2) is 36.5 Å². The highest BCUT2D eigenvalue weighted by molar-refractivity contribution is 7.88. The van der Waals surface area contributed by atoms with Crippen LogP contribution in [0.25, 0.3) is 0 Å². The molecule has 7 heteroatoms. The van der Waals surface area contributed by atoms with E-state index in [1.165, 1.54) is 0 Å². The van der Waals surface area contributed by atoms with E-state index >= 15 is 0 Å². The summed E-state index contributed by atoms with van der Waals surface area (Å²) in [4.78, 5) is 0. The van der Waals surface area contributed by atoms with E-state index in [9.17, 15) is 8.42 Å². The van der Waals surface area contributed by atoms with Crippen LogP contribution in [0.3, 0.4) is 0 Å². The highest BCUT2D eigenvalue weighted by Gasteiger charge is 2.11. The van der Waals surface area contributed by atoms with Gasteiger partial charge in [0.1, 0.15) is 0 Å². The summed E-state index contributed by atoms with van der Waals surface area (Å²) in [5.74, 6) is -0.0430. The fourth-order valence-corrected chi connectivity index (χ4v) is 3.01. The van der Waals surface area contributed by atoms with E-state index in [1.807, 2.05) is 13.1 Å². The van der Waals surface area contributed by atoms with Crippen molar-refractivity contribution in [3.63, 3.8) is 0 Å². The van der Waals surface area contributed by atoms with E-state index < -0.39 is 10.0 Å². The predicted octanol–water partition coefficient (Wildman–Crippen LogP) is 0.664. The molecule has 0 bridgehead atoms. The van der Waals surface area contributed by atoms with Crippen molar-refractivity contribution >= 4 is 15.7 Å². The smallest absolute Gasteiger partial charge is 0.215 e. The third-order valence-electron chi connectivity index (χ3n) is 2.96. The minimum absolute atomic E-state index is 0.0430. The van der Waals surface area contributed by atoms with Crippen LogP contribution in [-0.4, -0.2) is 24.7 Å². The molecule has 1 heterocycles. The van der Waals surface area contributed by atoms with Crippen molar-refractivity contribution < 1.29 is 8.42 Å². The van der Waals surface area contributed by atoms with Gasteiger partial charge in [-0.2, -0.15) is 5.10 Å². The number of sulfonamides is 1. The summed E-state index contributed by atoms with van der Waals surface area (Å²) in [5, 5.41) is 4.04. The van der Waals surface area contributed by atoms with Crippen LogP contribution >= 0.6 is 0 Å². The Morgan fingerprint density at radius 1 is 1.25 bits per heavy atom. The third-order valence-corrected chi connectivity index (χ3v) is 4.32. The van der Waals surface area contributed by atoms with Gasteiger partial charge in [0.15, 0.2) is 0 Å². The number of aromatic nitrogens is 2. The zero-order valence-electron chi connectivity index (χ0n) is 11.3. The van der Waals surface area contributed by atoms with Gasteiger partial charge in [0, 0.05) is 37.6 Å². The second-order valence-corrected chi connectivity index (χ2v) is 6.40. The number of rotatable bonds is 6. The highest BCUT2D eigenvalue weighted by Crippen LogP contribution is 2.08. The maximum atomic E-state index is 11.9. The first kappa shape index (κ1) is 14.5. The van der Waals surface area contributed by atoms with Crippen molar-refractivity contribution in [2.45, 2.75) is 12.2 Å². The number of nitrogens with two attached hydrogens (primary N) is 1. The fraction of sp³-hybridized carbons (Fsp3) is 0.308. The van der Waals surface area contributed by atoms with Crippen LogP contribution in [0.4, 0.5) is 5.69 Å². The topological polar surface area (TPSA) is 90.0 Å². The minimum Gasteiger partial charge on any atom is -0.399 e. The maximum absolute atomic E-state index is 11.9. The molecule has 2 rings (SSSR count). The number of aryl methyl sites for hydroxylation is 1. The van der Waals surface area contributed by atoms with Gasteiger partial charge in [-0.15, -0.1) is 0 Å². The van der Waals surface area contributed by atoms with E-state index in [2.05, 4.69) is 9.82 Å². The Labute approximate surface area is 118 Å². The Bertz CT molecular complexity index is 662. The molecule has 0 atom stereocenters. The third kappa shape index (κ3) is 4.07. The van der Waals surface area contributed by atoms with Gasteiger partial charge in [0.25, 0.3) is 0 Å². The normalized spacial score (nSPS) is 11.7. The van der Waals surface area contributed by atoms with Crippen LogP contribution < -0.4 is 10.5 Å². The van der Waals surface area contributed by atoms with Gasteiger partial charge in [0.05, 0.1) is 5.75 Å². The molecule has 20 heavy (non-hydrogen) atoms. The molecule has 0 aliphatic carbocycles. The fourth-order valence-electron chi connectivity index (χ4n) is 1.87. The van der Waals surface area contributed by atoms with E-state index in [1.54, 1.807) is 35.1 Å². The standard InChI is InChI=1S/C13H18N4O2S/c1-17-13(6-8-15-17)7-9-16-20(18,19)10-11-2-4-12(14)5-3-11/h2-6,8,16H,7,9-10,14H2,1H3. The molecule has 1 aromatic heterocycles. The van der Waals surface area contributed by atoms with Gasteiger partial charge in [-0.3, -0.25) is 4.68 Å². The highest BCUT2D eigenvalue weighted by atomic mass is 32.2. The molecule has 0 aliphatic rings. The molecule has 0 spiro atoms. The summed E-state index contributed by atoms with van der Waals surface area (Å²) in [7, 11) is -1.50. The van der Waals surface area contributed by atoms with Crippen molar-refractivity contribution in [3.05, 3.63) is 47.8 Å². The zero-order chi connectivity index (χ0) is 14.6. The summed E-state index contributed by atoms with van der Waals surface area (Å²) in [6.07, 6.45) is 2.30. The predicted molar refractivity (Wildman–Crippen MR) is 78.4 cm³/mol. The van der Waals surface area contributed by atoms with E-state index in [-0.39, 0.29) is 5.75 Å². The van der Waals surface area contributed by atoms with Crippen molar-refractivity contribution in [1.82, 2.24) is 14.5 Å². The van der Waals surface area contributed by atoms with Crippen molar-refractivity contribution in [1.29, 1.82) is 0 Å². The zero-order valence-corrected chi connectivity index (χ0v) is 12.1. The molecular formula is C13H18N4O2S. The SMILES string of the molecule is Cn1nccc1CCNS(=O)(=O)Cc1ccc(N)cc1. The van der Waals surface area contributed by atoms with Gasteiger partial charge >= 0.3 is 0 Å². The van der Waals surface area contributed by atoms with Gasteiger partial charge in [-0.05, 0) is 23.8 Å².